The molecule has 0 bridgehead atoms. The average Bonchev–Trinajstić information content (AvgIpc) is 3.09. The fourth-order valence-electron chi connectivity index (χ4n) is 3.57. The van der Waals surface area contributed by atoms with Gasteiger partial charge in [-0.05, 0) is 42.8 Å². The van der Waals surface area contributed by atoms with Crippen LogP contribution in [0.15, 0.2) is 54.7 Å². The zero-order valence-corrected chi connectivity index (χ0v) is 16.9. The van der Waals surface area contributed by atoms with Crippen LogP contribution in [0, 0.1) is 5.82 Å². The second kappa shape index (κ2) is 8.23. The molecule has 0 unspecified atom stereocenters. The van der Waals surface area contributed by atoms with Gasteiger partial charge in [-0.15, -0.1) is 0 Å². The lowest BCUT2D eigenvalue weighted by molar-refractivity contribution is -0.153. The summed E-state index contributed by atoms with van der Waals surface area (Å²) in [4.78, 5) is 18.8. The van der Waals surface area contributed by atoms with Crippen LogP contribution in [0.2, 0.25) is 0 Å². The summed E-state index contributed by atoms with van der Waals surface area (Å²) in [5.41, 5.74) is 2.54. The van der Waals surface area contributed by atoms with Gasteiger partial charge in [-0.2, -0.15) is 13.2 Å². The SMILES string of the molecule is C[C@@H](O)c1ccc(N2Cc3c(ccnc3-c3ccc(F)cc3OCC(F)(F)F)C2=O)cc1. The smallest absolute Gasteiger partial charge is 0.422 e. The van der Waals surface area contributed by atoms with E-state index in [-0.39, 0.29) is 29.5 Å². The maximum Gasteiger partial charge on any atom is 0.422 e. The number of amides is 1. The summed E-state index contributed by atoms with van der Waals surface area (Å²) in [7, 11) is 0. The van der Waals surface area contributed by atoms with Gasteiger partial charge in [0.25, 0.3) is 5.91 Å². The maximum atomic E-state index is 13.7. The van der Waals surface area contributed by atoms with Gasteiger partial charge in [0, 0.05) is 34.6 Å². The number of nitrogens with zero attached hydrogens (tertiary/aromatic N) is 2. The third kappa shape index (κ3) is 4.29. The van der Waals surface area contributed by atoms with Crippen LogP contribution in [0.1, 0.15) is 34.5 Å². The number of carbonyl (C=O) groups excluding carboxylic acids is 1. The van der Waals surface area contributed by atoms with Crippen LogP contribution in [-0.4, -0.2) is 28.8 Å². The monoisotopic (exact) mass is 446 g/mol. The zero-order valence-electron chi connectivity index (χ0n) is 16.9. The number of aromatic nitrogens is 1. The number of benzene rings is 2. The molecule has 166 valence electrons. The maximum absolute atomic E-state index is 13.7. The van der Waals surface area contributed by atoms with E-state index in [1.54, 1.807) is 31.2 Å². The van der Waals surface area contributed by atoms with Crippen molar-refractivity contribution in [1.82, 2.24) is 4.98 Å². The highest BCUT2D eigenvalue weighted by atomic mass is 19.4. The molecule has 2 aromatic carbocycles. The zero-order chi connectivity index (χ0) is 23.0. The number of hydrogen-bond acceptors (Lipinski definition) is 4. The Morgan fingerprint density at radius 1 is 1.12 bits per heavy atom. The summed E-state index contributed by atoms with van der Waals surface area (Å²) in [6, 6.07) is 11.6. The molecule has 1 aliphatic heterocycles. The number of rotatable bonds is 5. The van der Waals surface area contributed by atoms with Gasteiger partial charge in [-0.1, -0.05) is 12.1 Å². The first kappa shape index (κ1) is 21.8. The van der Waals surface area contributed by atoms with Gasteiger partial charge in [0.05, 0.1) is 18.3 Å². The van der Waals surface area contributed by atoms with Crippen LogP contribution < -0.4 is 9.64 Å². The number of ether oxygens (including phenoxy) is 1. The lowest BCUT2D eigenvalue weighted by Crippen LogP contribution is -2.22. The molecule has 0 fully saturated rings. The van der Waals surface area contributed by atoms with Crippen molar-refractivity contribution < 1.29 is 32.2 Å². The van der Waals surface area contributed by atoms with Gasteiger partial charge < -0.3 is 14.7 Å². The number of anilines is 1. The van der Waals surface area contributed by atoms with Crippen molar-refractivity contribution in [2.24, 2.45) is 0 Å². The van der Waals surface area contributed by atoms with Crippen LogP contribution in [0.4, 0.5) is 23.2 Å². The van der Waals surface area contributed by atoms with Crippen molar-refractivity contribution in [2.45, 2.75) is 25.7 Å². The van der Waals surface area contributed by atoms with Crippen LogP contribution in [-0.2, 0) is 6.54 Å². The minimum atomic E-state index is -4.60. The van der Waals surface area contributed by atoms with E-state index in [4.69, 9.17) is 4.74 Å². The van der Waals surface area contributed by atoms with Crippen molar-refractivity contribution >= 4 is 11.6 Å². The fraction of sp³-hybridized carbons (Fsp3) is 0.217. The first-order valence-electron chi connectivity index (χ1n) is 9.71. The number of carbonyl (C=O) groups is 1. The summed E-state index contributed by atoms with van der Waals surface area (Å²) in [6.45, 7) is 0.172. The molecular formula is C23H18F4N2O3. The van der Waals surface area contributed by atoms with E-state index in [1.807, 2.05) is 0 Å². The highest BCUT2D eigenvalue weighted by Gasteiger charge is 2.33. The Labute approximate surface area is 180 Å². The first-order valence-corrected chi connectivity index (χ1v) is 9.71. The number of aliphatic hydroxyl groups excluding tert-OH is 1. The second-order valence-electron chi connectivity index (χ2n) is 7.39. The predicted molar refractivity (Wildman–Crippen MR) is 109 cm³/mol. The summed E-state index contributed by atoms with van der Waals surface area (Å²) in [5.74, 6) is -1.36. The molecule has 1 N–H and O–H groups in total. The Morgan fingerprint density at radius 2 is 1.84 bits per heavy atom. The molecule has 32 heavy (non-hydrogen) atoms. The van der Waals surface area contributed by atoms with E-state index >= 15 is 0 Å². The fourth-order valence-corrected chi connectivity index (χ4v) is 3.57. The minimum Gasteiger partial charge on any atom is -0.483 e. The van der Waals surface area contributed by atoms with Gasteiger partial charge in [-0.3, -0.25) is 9.78 Å². The topological polar surface area (TPSA) is 62.7 Å². The molecule has 0 saturated carbocycles. The highest BCUT2D eigenvalue weighted by molar-refractivity contribution is 6.11. The van der Waals surface area contributed by atoms with E-state index in [1.165, 1.54) is 23.2 Å². The van der Waals surface area contributed by atoms with Gasteiger partial charge in [0.1, 0.15) is 11.6 Å². The van der Waals surface area contributed by atoms with Crippen molar-refractivity contribution in [3.63, 3.8) is 0 Å². The first-order chi connectivity index (χ1) is 15.1. The number of alkyl halides is 3. The largest absolute Gasteiger partial charge is 0.483 e. The van der Waals surface area contributed by atoms with E-state index in [0.717, 1.165) is 12.1 Å². The van der Waals surface area contributed by atoms with Crippen LogP contribution in [0.25, 0.3) is 11.3 Å². The van der Waals surface area contributed by atoms with Gasteiger partial charge in [0.2, 0.25) is 0 Å². The lowest BCUT2D eigenvalue weighted by Gasteiger charge is -2.17. The van der Waals surface area contributed by atoms with E-state index in [0.29, 0.717) is 22.4 Å². The van der Waals surface area contributed by atoms with Crippen LogP contribution in [0.5, 0.6) is 5.75 Å². The summed E-state index contributed by atoms with van der Waals surface area (Å²) in [5, 5.41) is 9.68. The molecule has 5 nitrogen and oxygen atoms in total. The Morgan fingerprint density at radius 3 is 2.50 bits per heavy atom. The summed E-state index contributed by atoms with van der Waals surface area (Å²) < 4.78 is 56.6. The molecule has 1 atom stereocenters. The number of hydrogen-bond donors (Lipinski definition) is 1. The number of aliphatic hydroxyl groups is 1. The van der Waals surface area contributed by atoms with Crippen LogP contribution >= 0.6 is 0 Å². The number of pyridine rings is 1. The molecule has 1 aromatic heterocycles. The van der Waals surface area contributed by atoms with E-state index in [9.17, 15) is 27.5 Å². The molecule has 1 aliphatic rings. The molecule has 3 aromatic rings. The van der Waals surface area contributed by atoms with Gasteiger partial charge in [0.15, 0.2) is 6.61 Å². The van der Waals surface area contributed by atoms with Gasteiger partial charge in [-0.25, -0.2) is 4.39 Å². The van der Waals surface area contributed by atoms with Crippen LogP contribution in [0.3, 0.4) is 0 Å². The number of halogens is 4. The van der Waals surface area contributed by atoms with Crippen molar-refractivity contribution in [3.8, 4) is 17.0 Å². The highest BCUT2D eigenvalue weighted by Crippen LogP contribution is 2.38. The predicted octanol–water partition coefficient (Wildman–Crippen LogP) is 5.04. The summed E-state index contributed by atoms with van der Waals surface area (Å²) >= 11 is 0. The molecule has 0 aliphatic carbocycles. The molecular weight excluding hydrogens is 428 g/mol. The van der Waals surface area contributed by atoms with E-state index in [2.05, 4.69) is 4.98 Å². The molecule has 0 spiro atoms. The summed E-state index contributed by atoms with van der Waals surface area (Å²) in [6.07, 6.45) is -3.87. The number of fused-ring (bicyclic) bond motifs is 1. The molecule has 4 rings (SSSR count). The molecule has 2 heterocycles. The standard InChI is InChI=1S/C23H18F4N2O3/c1-13(30)14-2-5-16(6-3-14)29-11-19-17(22(29)31)8-9-28-21(19)18-7-4-15(24)10-20(18)32-12-23(25,26)27/h2-10,13,30H,11-12H2,1H3/t13-/m1/s1. The second-order valence-corrected chi connectivity index (χ2v) is 7.39. The molecule has 9 heteroatoms. The Kier molecular flexibility index (Phi) is 5.60. The van der Waals surface area contributed by atoms with Crippen molar-refractivity contribution in [3.05, 3.63) is 77.2 Å². The van der Waals surface area contributed by atoms with E-state index < -0.39 is 24.7 Å². The minimum absolute atomic E-state index is 0.126. The Hall–Kier alpha value is -3.46. The Balaban J connectivity index is 1.71. The molecule has 0 radical (unpaired) electrons. The third-order valence-electron chi connectivity index (χ3n) is 5.12. The molecule has 1 amide bonds. The van der Waals surface area contributed by atoms with Crippen molar-refractivity contribution in [1.29, 1.82) is 0 Å². The quantitative estimate of drug-likeness (QED) is 0.558. The average molecular weight is 446 g/mol. The normalized spacial score (nSPS) is 14.4. The third-order valence-corrected chi connectivity index (χ3v) is 5.12. The Bertz CT molecular complexity index is 1160. The van der Waals surface area contributed by atoms with Gasteiger partial charge >= 0.3 is 6.18 Å². The van der Waals surface area contributed by atoms with Crippen molar-refractivity contribution in [2.75, 3.05) is 11.5 Å². The lowest BCUT2D eigenvalue weighted by atomic mass is 10.0. The molecule has 0 saturated heterocycles.